The molecule has 0 atom stereocenters. The fourth-order valence-electron chi connectivity index (χ4n) is 4.63. The van der Waals surface area contributed by atoms with Gasteiger partial charge >= 0.3 is 0 Å². The third-order valence-corrected chi connectivity index (χ3v) is 6.30. The van der Waals surface area contributed by atoms with E-state index in [1.807, 2.05) is 36.4 Å². The molecule has 0 saturated heterocycles. The minimum atomic E-state index is -0.0417. The molecule has 3 aromatic carbocycles. The van der Waals surface area contributed by atoms with Gasteiger partial charge in [0.15, 0.2) is 0 Å². The van der Waals surface area contributed by atoms with E-state index in [1.165, 1.54) is 46.0 Å². The lowest BCUT2D eigenvalue weighted by Crippen LogP contribution is -2.25. The molecule has 3 aromatic rings. The van der Waals surface area contributed by atoms with Crippen LogP contribution in [0.25, 0.3) is 12.2 Å². The molecular weight excluding hydrogens is 368 g/mol. The Morgan fingerprint density at radius 3 is 2.50 bits per heavy atom. The molecule has 150 valence electrons. The van der Waals surface area contributed by atoms with Gasteiger partial charge in [-0.1, -0.05) is 54.6 Å². The molecule has 0 aromatic heterocycles. The Labute approximate surface area is 176 Å². The first kappa shape index (κ1) is 18.8. The number of carbonyl (C=O) groups excluding carboxylic acids is 1. The summed E-state index contributed by atoms with van der Waals surface area (Å²) in [6, 6.07) is 18.6. The molecule has 3 N–H and O–H groups in total. The number of hydrogen-bond donors (Lipinski definition) is 2. The summed E-state index contributed by atoms with van der Waals surface area (Å²) in [6.45, 7) is 1.04. The summed E-state index contributed by atoms with van der Waals surface area (Å²) >= 11 is 0. The van der Waals surface area contributed by atoms with Gasteiger partial charge in [0.1, 0.15) is 0 Å². The number of fused-ring (bicyclic) bond motifs is 4. The van der Waals surface area contributed by atoms with Gasteiger partial charge in [-0.3, -0.25) is 4.79 Å². The summed E-state index contributed by atoms with van der Waals surface area (Å²) in [5.74, 6) is -0.0417. The number of amides is 1. The molecule has 2 aliphatic carbocycles. The molecule has 0 aliphatic heterocycles. The van der Waals surface area contributed by atoms with E-state index in [0.29, 0.717) is 18.7 Å². The molecule has 0 unspecified atom stereocenters. The van der Waals surface area contributed by atoms with Crippen LogP contribution in [0.1, 0.15) is 45.5 Å². The SMILES string of the molecule is NCc1ccc(CNC(=O)c2ccc3c(c2)=CCc2c4c(ccc2=3)=CCCC4)cc1. The topological polar surface area (TPSA) is 55.1 Å². The van der Waals surface area contributed by atoms with E-state index in [1.54, 1.807) is 0 Å². The van der Waals surface area contributed by atoms with E-state index >= 15 is 0 Å². The molecule has 30 heavy (non-hydrogen) atoms. The van der Waals surface area contributed by atoms with Gasteiger partial charge in [0, 0.05) is 18.7 Å². The van der Waals surface area contributed by atoms with Crippen molar-refractivity contribution in [3.05, 3.63) is 103 Å². The molecule has 0 bridgehead atoms. The Morgan fingerprint density at radius 1 is 0.867 bits per heavy atom. The Morgan fingerprint density at radius 2 is 1.67 bits per heavy atom. The predicted molar refractivity (Wildman–Crippen MR) is 121 cm³/mol. The van der Waals surface area contributed by atoms with Crippen LogP contribution >= 0.6 is 0 Å². The fraction of sp³-hybridized carbons (Fsp3) is 0.222. The molecule has 0 spiro atoms. The van der Waals surface area contributed by atoms with Gasteiger partial charge in [0.05, 0.1) is 0 Å². The van der Waals surface area contributed by atoms with Crippen LogP contribution in [0.2, 0.25) is 0 Å². The van der Waals surface area contributed by atoms with Gasteiger partial charge in [-0.05, 0) is 80.9 Å². The quantitative estimate of drug-likeness (QED) is 0.715. The molecule has 1 amide bonds. The van der Waals surface area contributed by atoms with Crippen LogP contribution in [0.3, 0.4) is 0 Å². The van der Waals surface area contributed by atoms with Crippen molar-refractivity contribution in [2.45, 2.75) is 38.8 Å². The van der Waals surface area contributed by atoms with Crippen molar-refractivity contribution in [1.82, 2.24) is 5.32 Å². The number of nitrogens with two attached hydrogens (primary N) is 1. The summed E-state index contributed by atoms with van der Waals surface area (Å²) in [4.78, 5) is 12.7. The number of rotatable bonds is 4. The molecule has 0 saturated carbocycles. The molecule has 0 heterocycles. The maximum atomic E-state index is 12.7. The van der Waals surface area contributed by atoms with Crippen LogP contribution in [0.4, 0.5) is 0 Å². The van der Waals surface area contributed by atoms with Gasteiger partial charge in [-0.25, -0.2) is 0 Å². The maximum absolute atomic E-state index is 12.7. The Kier molecular flexibility index (Phi) is 4.97. The lowest BCUT2D eigenvalue weighted by atomic mass is 9.88. The summed E-state index contributed by atoms with van der Waals surface area (Å²) in [5, 5.41) is 8.16. The minimum Gasteiger partial charge on any atom is -0.348 e. The second-order valence-corrected chi connectivity index (χ2v) is 8.17. The average Bonchev–Trinajstić information content (AvgIpc) is 2.82. The van der Waals surface area contributed by atoms with Crippen molar-refractivity contribution < 1.29 is 4.79 Å². The van der Waals surface area contributed by atoms with E-state index < -0.39 is 0 Å². The van der Waals surface area contributed by atoms with Gasteiger partial charge in [0.25, 0.3) is 5.91 Å². The maximum Gasteiger partial charge on any atom is 0.251 e. The lowest BCUT2D eigenvalue weighted by Gasteiger charge is -2.16. The summed E-state index contributed by atoms with van der Waals surface area (Å²) in [6.07, 6.45) is 9.18. The molecule has 0 radical (unpaired) electrons. The van der Waals surface area contributed by atoms with E-state index in [-0.39, 0.29) is 5.91 Å². The van der Waals surface area contributed by atoms with Crippen LogP contribution in [0, 0.1) is 10.4 Å². The second kappa shape index (κ2) is 7.92. The molecule has 2 aliphatic rings. The monoisotopic (exact) mass is 394 g/mol. The summed E-state index contributed by atoms with van der Waals surface area (Å²) < 4.78 is 0. The second-order valence-electron chi connectivity index (χ2n) is 8.17. The molecule has 3 nitrogen and oxygen atoms in total. The molecule has 0 fully saturated rings. The summed E-state index contributed by atoms with van der Waals surface area (Å²) in [5.41, 5.74) is 11.5. The van der Waals surface area contributed by atoms with Crippen molar-refractivity contribution in [2.75, 3.05) is 0 Å². The molecular formula is C27H26N2O. The Bertz CT molecular complexity index is 1340. The zero-order valence-corrected chi connectivity index (χ0v) is 17.1. The van der Waals surface area contributed by atoms with E-state index in [4.69, 9.17) is 5.73 Å². The Balaban J connectivity index is 1.44. The van der Waals surface area contributed by atoms with Gasteiger partial charge in [-0.15, -0.1) is 0 Å². The van der Waals surface area contributed by atoms with Crippen molar-refractivity contribution in [1.29, 1.82) is 0 Å². The lowest BCUT2D eigenvalue weighted by molar-refractivity contribution is 0.0951. The highest BCUT2D eigenvalue weighted by atomic mass is 16.1. The van der Waals surface area contributed by atoms with E-state index in [9.17, 15) is 4.79 Å². The van der Waals surface area contributed by atoms with Gasteiger partial charge < -0.3 is 11.1 Å². The van der Waals surface area contributed by atoms with Crippen LogP contribution in [-0.2, 0) is 25.9 Å². The zero-order chi connectivity index (χ0) is 20.5. The molecule has 3 heteroatoms. The highest BCUT2D eigenvalue weighted by Gasteiger charge is 2.12. The Hall–Kier alpha value is -3.17. The average molecular weight is 395 g/mol. The van der Waals surface area contributed by atoms with Crippen molar-refractivity contribution in [3.63, 3.8) is 0 Å². The van der Waals surface area contributed by atoms with Crippen LogP contribution in [-0.4, -0.2) is 5.91 Å². The van der Waals surface area contributed by atoms with Crippen molar-refractivity contribution in [3.8, 4) is 0 Å². The van der Waals surface area contributed by atoms with Crippen molar-refractivity contribution in [2.24, 2.45) is 5.73 Å². The van der Waals surface area contributed by atoms with Crippen molar-refractivity contribution >= 4 is 18.1 Å². The number of hydrogen-bond acceptors (Lipinski definition) is 2. The minimum absolute atomic E-state index is 0.0417. The number of carbonyl (C=O) groups is 1. The third kappa shape index (κ3) is 3.46. The number of nitrogens with one attached hydrogen (secondary N) is 1. The summed E-state index contributed by atoms with van der Waals surface area (Å²) in [7, 11) is 0. The van der Waals surface area contributed by atoms with Crippen LogP contribution in [0.15, 0.2) is 54.6 Å². The van der Waals surface area contributed by atoms with Crippen LogP contribution in [0.5, 0.6) is 0 Å². The standard InChI is InChI=1S/C27H26N2O/c28-16-18-5-7-19(8-6-18)17-29-27(30)22-11-12-24-21(15-22)10-14-25-23-4-2-1-3-20(23)9-13-26(24)25/h3,5-13,15H,1-2,4,14,16-17,28H2,(H,29,30). The largest absolute Gasteiger partial charge is 0.348 e. The highest BCUT2D eigenvalue weighted by Crippen LogP contribution is 2.17. The van der Waals surface area contributed by atoms with Crippen LogP contribution < -0.4 is 21.5 Å². The van der Waals surface area contributed by atoms with E-state index in [0.717, 1.165) is 22.8 Å². The number of benzene rings is 3. The molecule has 5 rings (SSSR count). The first-order valence-electron chi connectivity index (χ1n) is 10.7. The zero-order valence-electron chi connectivity index (χ0n) is 17.1. The van der Waals surface area contributed by atoms with Gasteiger partial charge in [-0.2, -0.15) is 0 Å². The first-order valence-corrected chi connectivity index (χ1v) is 10.7. The highest BCUT2D eigenvalue weighted by molar-refractivity contribution is 5.94. The fourth-order valence-corrected chi connectivity index (χ4v) is 4.63. The predicted octanol–water partition coefficient (Wildman–Crippen LogP) is 2.82. The normalized spacial score (nSPS) is 13.9. The third-order valence-electron chi connectivity index (χ3n) is 6.30. The van der Waals surface area contributed by atoms with Gasteiger partial charge in [0.2, 0.25) is 0 Å². The smallest absolute Gasteiger partial charge is 0.251 e. The first-order chi connectivity index (χ1) is 14.7. The van der Waals surface area contributed by atoms with E-state index in [2.05, 4.69) is 35.7 Å².